The van der Waals surface area contributed by atoms with Crippen molar-refractivity contribution >= 4 is 17.4 Å². The van der Waals surface area contributed by atoms with Crippen LogP contribution in [0.2, 0.25) is 5.02 Å². The molecule has 0 aromatic carbocycles. The van der Waals surface area contributed by atoms with E-state index in [2.05, 4.69) is 11.6 Å². The highest BCUT2D eigenvalue weighted by Gasteiger charge is 2.00. The summed E-state index contributed by atoms with van der Waals surface area (Å²) in [6.45, 7) is 3.34. The second kappa shape index (κ2) is 3.30. The molecule has 3 heteroatoms. The molecule has 1 aromatic heterocycles. The Morgan fingerprint density at radius 2 is 2.36 bits per heavy atom. The number of halogens is 1. The minimum atomic E-state index is -0.193. The number of hydrogen-bond acceptors (Lipinski definition) is 2. The molecular weight excluding hydrogens is 162 g/mol. The van der Waals surface area contributed by atoms with Crippen molar-refractivity contribution < 1.29 is 4.79 Å². The zero-order chi connectivity index (χ0) is 8.27. The van der Waals surface area contributed by atoms with Crippen molar-refractivity contribution in [2.45, 2.75) is 0 Å². The Labute approximate surface area is 69.5 Å². The van der Waals surface area contributed by atoms with Crippen molar-refractivity contribution in [3.63, 3.8) is 0 Å². The van der Waals surface area contributed by atoms with Crippen molar-refractivity contribution in [1.82, 2.24) is 4.98 Å². The first-order valence-corrected chi connectivity index (χ1v) is 3.40. The van der Waals surface area contributed by atoms with E-state index in [1.807, 2.05) is 0 Å². The highest BCUT2D eigenvalue weighted by Crippen LogP contribution is 2.06. The predicted octanol–water partition coefficient (Wildman–Crippen LogP) is 2.10. The van der Waals surface area contributed by atoms with Crippen LogP contribution in [0.1, 0.15) is 10.5 Å². The zero-order valence-electron chi connectivity index (χ0n) is 5.75. The summed E-state index contributed by atoms with van der Waals surface area (Å²) in [6.07, 6.45) is 2.65. The van der Waals surface area contributed by atoms with Gasteiger partial charge >= 0.3 is 0 Å². The summed E-state index contributed by atoms with van der Waals surface area (Å²) in [5.74, 6) is -0.193. The summed E-state index contributed by atoms with van der Waals surface area (Å²) >= 11 is 5.56. The number of carbonyl (C=O) groups is 1. The van der Waals surface area contributed by atoms with E-state index < -0.39 is 0 Å². The van der Waals surface area contributed by atoms with E-state index in [1.165, 1.54) is 12.3 Å². The van der Waals surface area contributed by atoms with Crippen LogP contribution in [0, 0.1) is 0 Å². The predicted molar refractivity (Wildman–Crippen MR) is 43.8 cm³/mol. The number of pyridine rings is 1. The van der Waals surface area contributed by atoms with Gasteiger partial charge in [0.25, 0.3) is 0 Å². The summed E-state index contributed by atoms with van der Waals surface area (Å²) < 4.78 is 0. The van der Waals surface area contributed by atoms with E-state index in [1.54, 1.807) is 12.1 Å². The Balaban J connectivity index is 2.98. The quantitative estimate of drug-likeness (QED) is 0.499. The van der Waals surface area contributed by atoms with Gasteiger partial charge in [0.2, 0.25) is 5.78 Å². The lowest BCUT2D eigenvalue weighted by molar-refractivity contribution is 0.104. The van der Waals surface area contributed by atoms with Gasteiger partial charge in [-0.05, 0) is 18.2 Å². The molecule has 1 rings (SSSR count). The Morgan fingerprint density at radius 3 is 2.82 bits per heavy atom. The van der Waals surface area contributed by atoms with Gasteiger partial charge in [-0.15, -0.1) is 0 Å². The van der Waals surface area contributed by atoms with Crippen LogP contribution in [0.25, 0.3) is 0 Å². The van der Waals surface area contributed by atoms with Gasteiger partial charge in [0, 0.05) is 6.20 Å². The number of hydrogen-bond donors (Lipinski definition) is 0. The Morgan fingerprint density at radius 1 is 1.64 bits per heavy atom. The maximum atomic E-state index is 10.9. The normalized spacial score (nSPS) is 9.18. The van der Waals surface area contributed by atoms with Crippen LogP contribution in [0.4, 0.5) is 0 Å². The number of ketones is 1. The summed E-state index contributed by atoms with van der Waals surface area (Å²) in [4.78, 5) is 14.7. The fourth-order valence-corrected chi connectivity index (χ4v) is 0.738. The third kappa shape index (κ3) is 1.88. The molecule has 0 aliphatic carbocycles. The molecule has 0 spiro atoms. The number of nitrogens with zero attached hydrogens (tertiary/aromatic N) is 1. The standard InChI is InChI=1S/C8H6ClNO/c1-2-8(11)7-4-3-6(9)5-10-7/h2-5H,1H2. The van der Waals surface area contributed by atoms with E-state index in [0.717, 1.165) is 0 Å². The van der Waals surface area contributed by atoms with E-state index in [0.29, 0.717) is 10.7 Å². The van der Waals surface area contributed by atoms with Crippen molar-refractivity contribution in [2.24, 2.45) is 0 Å². The summed E-state index contributed by atoms with van der Waals surface area (Å²) in [6, 6.07) is 3.18. The van der Waals surface area contributed by atoms with Crippen LogP contribution in [-0.4, -0.2) is 10.8 Å². The van der Waals surface area contributed by atoms with Gasteiger partial charge in [-0.3, -0.25) is 9.78 Å². The molecule has 0 saturated heterocycles. The molecule has 0 atom stereocenters. The second-order valence-corrected chi connectivity index (χ2v) is 2.37. The van der Waals surface area contributed by atoms with Gasteiger partial charge in [0.1, 0.15) is 5.69 Å². The molecule has 0 bridgehead atoms. The highest BCUT2D eigenvalue weighted by atomic mass is 35.5. The first kappa shape index (κ1) is 7.95. The molecule has 0 radical (unpaired) electrons. The maximum absolute atomic E-state index is 10.9. The topological polar surface area (TPSA) is 30.0 Å². The minimum Gasteiger partial charge on any atom is -0.288 e. The molecule has 0 N–H and O–H groups in total. The minimum absolute atomic E-state index is 0.193. The molecule has 0 amide bonds. The third-order valence-electron chi connectivity index (χ3n) is 1.17. The maximum Gasteiger partial charge on any atom is 0.203 e. The van der Waals surface area contributed by atoms with Crippen molar-refractivity contribution in [2.75, 3.05) is 0 Å². The van der Waals surface area contributed by atoms with E-state index in [4.69, 9.17) is 11.6 Å². The molecule has 1 heterocycles. The zero-order valence-corrected chi connectivity index (χ0v) is 6.51. The van der Waals surface area contributed by atoms with Gasteiger partial charge in [-0.25, -0.2) is 0 Å². The lowest BCUT2D eigenvalue weighted by Gasteiger charge is -1.92. The van der Waals surface area contributed by atoms with Gasteiger partial charge < -0.3 is 0 Å². The molecule has 0 aliphatic heterocycles. The number of allylic oxidation sites excluding steroid dienone is 1. The molecular formula is C8H6ClNO. The van der Waals surface area contributed by atoms with E-state index in [-0.39, 0.29) is 5.78 Å². The van der Waals surface area contributed by atoms with Crippen molar-refractivity contribution in [3.8, 4) is 0 Å². The largest absolute Gasteiger partial charge is 0.288 e. The number of carbonyl (C=O) groups excluding carboxylic acids is 1. The molecule has 2 nitrogen and oxygen atoms in total. The number of aromatic nitrogens is 1. The van der Waals surface area contributed by atoms with Crippen molar-refractivity contribution in [1.29, 1.82) is 0 Å². The van der Waals surface area contributed by atoms with Crippen LogP contribution in [0.3, 0.4) is 0 Å². The van der Waals surface area contributed by atoms with Crippen LogP contribution in [-0.2, 0) is 0 Å². The fourth-order valence-electron chi connectivity index (χ4n) is 0.626. The van der Waals surface area contributed by atoms with Gasteiger partial charge in [-0.1, -0.05) is 18.2 Å². The molecule has 11 heavy (non-hydrogen) atoms. The Hall–Kier alpha value is -1.15. The highest BCUT2D eigenvalue weighted by molar-refractivity contribution is 6.30. The van der Waals surface area contributed by atoms with E-state index >= 15 is 0 Å². The van der Waals surface area contributed by atoms with Crippen molar-refractivity contribution in [3.05, 3.63) is 41.7 Å². The summed E-state index contributed by atoms with van der Waals surface area (Å²) in [5, 5.41) is 0.519. The van der Waals surface area contributed by atoms with Gasteiger partial charge in [0.05, 0.1) is 5.02 Å². The molecule has 0 aliphatic rings. The second-order valence-electron chi connectivity index (χ2n) is 1.93. The summed E-state index contributed by atoms with van der Waals surface area (Å²) in [7, 11) is 0. The molecule has 0 unspecified atom stereocenters. The smallest absolute Gasteiger partial charge is 0.203 e. The average Bonchev–Trinajstić information content (AvgIpc) is 2.05. The number of rotatable bonds is 2. The van der Waals surface area contributed by atoms with E-state index in [9.17, 15) is 4.79 Å². The van der Waals surface area contributed by atoms with Gasteiger partial charge in [0.15, 0.2) is 0 Å². The SMILES string of the molecule is C=CC(=O)c1ccc(Cl)cn1. The first-order valence-electron chi connectivity index (χ1n) is 3.02. The molecule has 0 saturated carbocycles. The Kier molecular flexibility index (Phi) is 2.39. The van der Waals surface area contributed by atoms with Crippen LogP contribution < -0.4 is 0 Å². The molecule has 56 valence electrons. The Bertz CT molecular complexity index is 279. The van der Waals surface area contributed by atoms with Crippen LogP contribution >= 0.6 is 11.6 Å². The molecule has 0 fully saturated rings. The average molecular weight is 168 g/mol. The van der Waals surface area contributed by atoms with Crippen LogP contribution in [0.15, 0.2) is 31.0 Å². The third-order valence-corrected chi connectivity index (χ3v) is 1.39. The lowest BCUT2D eigenvalue weighted by atomic mass is 10.2. The fraction of sp³-hybridized carbons (Fsp3) is 0. The van der Waals surface area contributed by atoms with Gasteiger partial charge in [-0.2, -0.15) is 0 Å². The first-order chi connectivity index (χ1) is 5.24. The lowest BCUT2D eigenvalue weighted by Crippen LogP contribution is -1.96. The van der Waals surface area contributed by atoms with Crippen LogP contribution in [0.5, 0.6) is 0 Å². The monoisotopic (exact) mass is 167 g/mol. The summed E-state index contributed by atoms with van der Waals surface area (Å²) in [5.41, 5.74) is 0.365. The molecule has 1 aromatic rings.